The molecule has 5 nitrogen and oxygen atoms in total. The minimum Gasteiger partial charge on any atom is -0.494 e. The lowest BCUT2D eigenvalue weighted by Crippen LogP contribution is -2.45. The number of likely N-dealkylation sites (tertiary alicyclic amines) is 1. The molecule has 0 aliphatic carbocycles. The van der Waals surface area contributed by atoms with Gasteiger partial charge in [-0.05, 0) is 81.6 Å². The Morgan fingerprint density at radius 3 is 2.66 bits per heavy atom. The van der Waals surface area contributed by atoms with Crippen LogP contribution in [0.3, 0.4) is 0 Å². The second-order valence-electron chi connectivity index (χ2n) is 9.00. The number of halogens is 1. The Balaban J connectivity index is 1.47. The summed E-state index contributed by atoms with van der Waals surface area (Å²) in [6, 6.07) is 16.7. The topological polar surface area (TPSA) is 50.5 Å². The molecule has 1 fully saturated rings. The molecule has 2 heterocycles. The highest BCUT2D eigenvalue weighted by atomic mass is 19.1. The van der Waals surface area contributed by atoms with Gasteiger partial charge >= 0.3 is 0 Å². The molecule has 1 aliphatic heterocycles. The predicted molar refractivity (Wildman–Crippen MR) is 124 cm³/mol. The third-order valence-corrected chi connectivity index (χ3v) is 6.39. The van der Waals surface area contributed by atoms with Crippen molar-refractivity contribution in [2.24, 2.45) is 5.41 Å². The number of piperidine rings is 1. The molecule has 0 saturated carbocycles. The molecule has 1 unspecified atom stereocenters. The van der Waals surface area contributed by atoms with Crippen LogP contribution in [0.5, 0.6) is 5.75 Å². The third kappa shape index (κ3) is 5.19. The van der Waals surface area contributed by atoms with E-state index in [1.807, 2.05) is 54.9 Å². The Morgan fingerprint density at radius 2 is 1.94 bits per heavy atom. The fraction of sp³-hybridized carbons (Fsp3) is 0.423. The van der Waals surface area contributed by atoms with Gasteiger partial charge in [-0.1, -0.05) is 18.2 Å². The Hall–Kier alpha value is -2.70. The van der Waals surface area contributed by atoms with Gasteiger partial charge in [0, 0.05) is 24.2 Å². The van der Waals surface area contributed by atoms with E-state index in [4.69, 9.17) is 4.74 Å². The van der Waals surface area contributed by atoms with Crippen molar-refractivity contribution in [2.45, 2.75) is 39.7 Å². The smallest absolute Gasteiger partial charge is 0.123 e. The van der Waals surface area contributed by atoms with Gasteiger partial charge in [-0.25, -0.2) is 9.07 Å². The highest BCUT2D eigenvalue weighted by molar-refractivity contribution is 5.42. The maximum Gasteiger partial charge on any atom is 0.123 e. The molecule has 1 atom stereocenters. The van der Waals surface area contributed by atoms with Gasteiger partial charge in [0.1, 0.15) is 11.6 Å². The highest BCUT2D eigenvalue weighted by Gasteiger charge is 2.35. The summed E-state index contributed by atoms with van der Waals surface area (Å²) in [5.41, 5.74) is 3.57. The summed E-state index contributed by atoms with van der Waals surface area (Å²) < 4.78 is 22.0. The Bertz CT molecular complexity index is 1040. The summed E-state index contributed by atoms with van der Waals surface area (Å²) in [6.45, 7) is 6.96. The number of benzene rings is 2. The van der Waals surface area contributed by atoms with Crippen LogP contribution in [0.15, 0.2) is 54.6 Å². The number of para-hydroxylation sites is 1. The lowest BCUT2D eigenvalue weighted by atomic mass is 9.78. The fourth-order valence-electron chi connectivity index (χ4n) is 4.76. The Kier molecular flexibility index (Phi) is 6.92. The molecular formula is C26H32FN3O2. The first kappa shape index (κ1) is 22.5. The summed E-state index contributed by atoms with van der Waals surface area (Å²) >= 11 is 0. The molecule has 0 radical (unpaired) electrons. The first-order valence-electron chi connectivity index (χ1n) is 11.3. The number of nitrogens with zero attached hydrogens (tertiary/aromatic N) is 3. The first-order valence-corrected chi connectivity index (χ1v) is 11.3. The molecule has 170 valence electrons. The summed E-state index contributed by atoms with van der Waals surface area (Å²) in [7, 11) is 0. The van der Waals surface area contributed by atoms with E-state index in [1.54, 1.807) is 12.1 Å². The molecule has 6 heteroatoms. The van der Waals surface area contributed by atoms with Crippen LogP contribution in [0.2, 0.25) is 0 Å². The average Bonchev–Trinajstić information content (AvgIpc) is 3.12. The van der Waals surface area contributed by atoms with Gasteiger partial charge in [-0.2, -0.15) is 5.10 Å². The van der Waals surface area contributed by atoms with Gasteiger partial charge in [0.05, 0.1) is 24.6 Å². The zero-order valence-corrected chi connectivity index (χ0v) is 18.9. The molecule has 2 aromatic carbocycles. The van der Waals surface area contributed by atoms with Gasteiger partial charge in [0.2, 0.25) is 0 Å². The minimum atomic E-state index is -0.244. The number of aromatic nitrogens is 2. The largest absolute Gasteiger partial charge is 0.494 e. The molecule has 32 heavy (non-hydrogen) atoms. The quantitative estimate of drug-likeness (QED) is 0.556. The molecule has 0 amide bonds. The molecule has 1 aromatic heterocycles. The van der Waals surface area contributed by atoms with E-state index in [1.165, 1.54) is 6.07 Å². The van der Waals surface area contributed by atoms with E-state index < -0.39 is 0 Å². The summed E-state index contributed by atoms with van der Waals surface area (Å²) in [5, 5.41) is 14.9. The molecule has 1 aliphatic rings. The SMILES string of the molecule is Cc1cc(C)n(-c2ccc(F)cc2CN2CCCC(CO)(CCOc3ccccc3)C2)n1. The first-order chi connectivity index (χ1) is 15.5. The normalized spacial score (nSPS) is 19.2. The van der Waals surface area contributed by atoms with Crippen LogP contribution < -0.4 is 4.74 Å². The summed E-state index contributed by atoms with van der Waals surface area (Å²) in [5.74, 6) is 0.606. The molecule has 0 spiro atoms. The maximum atomic E-state index is 14.2. The van der Waals surface area contributed by atoms with Crippen molar-refractivity contribution in [3.63, 3.8) is 0 Å². The lowest BCUT2D eigenvalue weighted by molar-refractivity contribution is 0.0128. The fourth-order valence-corrected chi connectivity index (χ4v) is 4.76. The Labute approximate surface area is 189 Å². The molecule has 1 saturated heterocycles. The maximum absolute atomic E-state index is 14.2. The van der Waals surface area contributed by atoms with Crippen LogP contribution in [0.1, 0.15) is 36.2 Å². The average molecular weight is 438 g/mol. The van der Waals surface area contributed by atoms with Crippen LogP contribution in [-0.4, -0.2) is 46.1 Å². The zero-order chi connectivity index (χ0) is 22.6. The van der Waals surface area contributed by atoms with Crippen LogP contribution in [-0.2, 0) is 6.54 Å². The number of aryl methyl sites for hydroxylation is 2. The van der Waals surface area contributed by atoms with Crippen molar-refractivity contribution in [3.05, 3.63) is 77.4 Å². The second kappa shape index (κ2) is 9.84. The zero-order valence-electron chi connectivity index (χ0n) is 18.9. The predicted octanol–water partition coefficient (Wildman–Crippen LogP) is 4.67. The molecule has 1 N–H and O–H groups in total. The number of rotatable bonds is 8. The van der Waals surface area contributed by atoms with Crippen molar-refractivity contribution in [2.75, 3.05) is 26.3 Å². The minimum absolute atomic E-state index is 0.120. The van der Waals surface area contributed by atoms with Crippen LogP contribution in [0, 0.1) is 25.1 Å². The van der Waals surface area contributed by atoms with Crippen molar-refractivity contribution in [1.29, 1.82) is 0 Å². The van der Waals surface area contributed by atoms with E-state index in [-0.39, 0.29) is 17.8 Å². The van der Waals surface area contributed by atoms with Gasteiger partial charge in [-0.3, -0.25) is 4.90 Å². The van der Waals surface area contributed by atoms with Crippen molar-refractivity contribution >= 4 is 0 Å². The third-order valence-electron chi connectivity index (χ3n) is 6.39. The highest BCUT2D eigenvalue weighted by Crippen LogP contribution is 2.34. The van der Waals surface area contributed by atoms with Crippen LogP contribution in [0.4, 0.5) is 4.39 Å². The number of aliphatic hydroxyl groups is 1. The number of ether oxygens (including phenoxy) is 1. The molecule has 3 aromatic rings. The molecule has 4 rings (SSSR count). The van der Waals surface area contributed by atoms with Crippen LogP contribution in [0.25, 0.3) is 5.69 Å². The van der Waals surface area contributed by atoms with E-state index >= 15 is 0 Å². The van der Waals surface area contributed by atoms with E-state index in [9.17, 15) is 9.50 Å². The van der Waals surface area contributed by atoms with E-state index in [0.717, 1.165) is 60.7 Å². The number of aliphatic hydroxyl groups excluding tert-OH is 1. The lowest BCUT2D eigenvalue weighted by Gasteiger charge is -2.42. The van der Waals surface area contributed by atoms with Gasteiger partial charge in [0.15, 0.2) is 0 Å². The van der Waals surface area contributed by atoms with Gasteiger partial charge < -0.3 is 9.84 Å². The van der Waals surface area contributed by atoms with E-state index in [2.05, 4.69) is 10.00 Å². The van der Waals surface area contributed by atoms with Crippen LogP contribution >= 0.6 is 0 Å². The standard InChI is InChI=1S/C26H32FN3O2/c1-20-15-21(2)30(28-20)25-10-9-23(27)16-22(25)17-29-13-6-11-26(18-29,19-31)12-14-32-24-7-4-3-5-8-24/h3-5,7-10,15-16,31H,6,11-14,17-19H2,1-2H3. The number of hydrogen-bond donors (Lipinski definition) is 1. The summed E-state index contributed by atoms with van der Waals surface area (Å²) in [6.07, 6.45) is 2.74. The van der Waals surface area contributed by atoms with Gasteiger partial charge in [0.25, 0.3) is 0 Å². The van der Waals surface area contributed by atoms with E-state index in [0.29, 0.717) is 13.2 Å². The Morgan fingerprint density at radius 1 is 1.12 bits per heavy atom. The van der Waals surface area contributed by atoms with Crippen molar-refractivity contribution in [3.8, 4) is 11.4 Å². The summed E-state index contributed by atoms with van der Waals surface area (Å²) in [4.78, 5) is 2.33. The van der Waals surface area contributed by atoms with Crippen molar-refractivity contribution in [1.82, 2.24) is 14.7 Å². The number of hydrogen-bond acceptors (Lipinski definition) is 4. The molecule has 0 bridgehead atoms. The molecular weight excluding hydrogens is 405 g/mol. The van der Waals surface area contributed by atoms with Crippen molar-refractivity contribution < 1.29 is 14.2 Å². The van der Waals surface area contributed by atoms with Gasteiger partial charge in [-0.15, -0.1) is 0 Å². The monoisotopic (exact) mass is 437 g/mol. The second-order valence-corrected chi connectivity index (χ2v) is 9.00.